The topological polar surface area (TPSA) is 73.9 Å². The summed E-state index contributed by atoms with van der Waals surface area (Å²) in [5, 5.41) is 2.84. The Kier molecular flexibility index (Phi) is 9.52. The molecule has 0 aliphatic carbocycles. The summed E-state index contributed by atoms with van der Waals surface area (Å²) in [6, 6.07) is 13.0. The van der Waals surface area contributed by atoms with E-state index in [0.717, 1.165) is 10.0 Å². The highest BCUT2D eigenvalue weighted by atomic mass is 79.9. The highest BCUT2D eigenvalue weighted by Gasteiger charge is 2.19. The molecule has 1 N–H and O–H groups in total. The molecule has 31 heavy (non-hydrogen) atoms. The fraction of sp³-hybridized carbons (Fsp3) is 0.417. The first-order valence-electron chi connectivity index (χ1n) is 10.3. The minimum atomic E-state index is -0.684. The summed E-state index contributed by atoms with van der Waals surface area (Å²) in [6.45, 7) is 8.04. The molecule has 2 unspecified atom stereocenters. The van der Waals surface area contributed by atoms with Gasteiger partial charge in [0.15, 0.2) is 6.10 Å². The van der Waals surface area contributed by atoms with E-state index >= 15 is 0 Å². The Hall–Kier alpha value is -2.38. The summed E-state index contributed by atoms with van der Waals surface area (Å²) in [5.74, 6) is 0.445. The summed E-state index contributed by atoms with van der Waals surface area (Å²) in [5.41, 5.74) is 2.64. The molecule has 0 fully saturated rings. The lowest BCUT2D eigenvalue weighted by atomic mass is 10.0. The van der Waals surface area contributed by atoms with Crippen molar-refractivity contribution in [3.8, 4) is 5.75 Å². The van der Waals surface area contributed by atoms with E-state index in [4.69, 9.17) is 14.2 Å². The van der Waals surface area contributed by atoms with Crippen molar-refractivity contribution in [2.24, 2.45) is 0 Å². The molecule has 0 spiro atoms. The maximum absolute atomic E-state index is 12.6. The van der Waals surface area contributed by atoms with Gasteiger partial charge >= 0.3 is 5.97 Å². The lowest BCUT2D eigenvalue weighted by molar-refractivity contribution is -0.146. The number of methoxy groups -OCH3 is 1. The lowest BCUT2D eigenvalue weighted by Crippen LogP contribution is -2.30. The van der Waals surface area contributed by atoms with Crippen LogP contribution in [0.3, 0.4) is 0 Å². The van der Waals surface area contributed by atoms with Gasteiger partial charge in [0.25, 0.3) is 5.91 Å². The second-order valence-electron chi connectivity index (χ2n) is 7.45. The zero-order valence-electron chi connectivity index (χ0n) is 18.6. The van der Waals surface area contributed by atoms with Crippen molar-refractivity contribution in [1.29, 1.82) is 0 Å². The second-order valence-corrected chi connectivity index (χ2v) is 8.30. The molecule has 0 aliphatic rings. The first-order chi connectivity index (χ1) is 14.7. The van der Waals surface area contributed by atoms with Crippen molar-refractivity contribution >= 4 is 33.5 Å². The van der Waals surface area contributed by atoms with Gasteiger partial charge in [0.05, 0.1) is 23.6 Å². The van der Waals surface area contributed by atoms with Gasteiger partial charge in [-0.15, -0.1) is 0 Å². The molecule has 168 valence electrons. The largest absolute Gasteiger partial charge is 0.480 e. The van der Waals surface area contributed by atoms with Crippen LogP contribution >= 0.6 is 15.9 Å². The monoisotopic (exact) mass is 491 g/mol. The molecule has 1 amide bonds. The van der Waals surface area contributed by atoms with Crippen molar-refractivity contribution < 1.29 is 23.8 Å². The molecule has 2 aromatic carbocycles. The summed E-state index contributed by atoms with van der Waals surface area (Å²) < 4.78 is 17.0. The van der Waals surface area contributed by atoms with Crippen molar-refractivity contribution in [3.63, 3.8) is 0 Å². The van der Waals surface area contributed by atoms with Crippen molar-refractivity contribution in [1.82, 2.24) is 0 Å². The molecule has 0 heterocycles. The minimum Gasteiger partial charge on any atom is -0.480 e. The van der Waals surface area contributed by atoms with Crippen LogP contribution in [0.15, 0.2) is 46.9 Å². The van der Waals surface area contributed by atoms with Crippen molar-refractivity contribution in [2.45, 2.75) is 52.2 Å². The molecule has 0 radical (unpaired) electrons. The van der Waals surface area contributed by atoms with Crippen molar-refractivity contribution in [3.05, 3.63) is 58.1 Å². The Morgan fingerprint density at radius 1 is 1.03 bits per heavy atom. The summed E-state index contributed by atoms with van der Waals surface area (Å²) in [7, 11) is 1.55. The molecule has 2 aromatic rings. The van der Waals surface area contributed by atoms with Crippen molar-refractivity contribution in [2.75, 3.05) is 19.0 Å². The average molecular weight is 492 g/mol. The molecule has 0 bridgehead atoms. The summed E-state index contributed by atoms with van der Waals surface area (Å²) >= 11 is 3.51. The predicted octanol–water partition coefficient (Wildman–Crippen LogP) is 5.62. The molecular formula is C24H30BrNO5. The first-order valence-corrected chi connectivity index (χ1v) is 11.1. The minimum absolute atomic E-state index is 0.130. The molecule has 0 saturated carbocycles. The Morgan fingerprint density at radius 2 is 1.68 bits per heavy atom. The number of rotatable bonds is 10. The maximum atomic E-state index is 12.6. The average Bonchev–Trinajstić information content (AvgIpc) is 2.74. The quantitative estimate of drug-likeness (QED) is 0.436. The number of halogens is 1. The number of hydrogen-bond donors (Lipinski definition) is 1. The van der Waals surface area contributed by atoms with E-state index in [0.29, 0.717) is 24.0 Å². The van der Waals surface area contributed by atoms with Crippen LogP contribution in [0.1, 0.15) is 57.3 Å². The van der Waals surface area contributed by atoms with Gasteiger partial charge in [-0.2, -0.15) is 0 Å². The Bertz CT molecular complexity index is 882. The van der Waals surface area contributed by atoms with Crippen LogP contribution in [0.5, 0.6) is 5.75 Å². The fourth-order valence-electron chi connectivity index (χ4n) is 2.95. The number of anilines is 1. The van der Waals surface area contributed by atoms with Crippen LogP contribution in [0.4, 0.5) is 5.69 Å². The fourth-order valence-corrected chi connectivity index (χ4v) is 3.44. The van der Waals surface area contributed by atoms with E-state index in [1.54, 1.807) is 33.1 Å². The smallest absolute Gasteiger partial charge is 0.308 e. The molecule has 0 saturated heterocycles. The molecule has 6 nitrogen and oxygen atoms in total. The Labute approximate surface area is 192 Å². The number of nitrogens with one attached hydrogen (secondary N) is 1. The van der Waals surface area contributed by atoms with Gasteiger partial charge in [0.1, 0.15) is 5.75 Å². The standard InChI is InChI=1S/C24H30BrNO5/c1-6-30-23(27)14-22(29-5)17-7-10-19(11-8-17)26-24(28)16(4)31-21-12-9-18(15(2)3)13-20(21)25/h7-13,15-16,22H,6,14H2,1-5H3,(H,26,28). The van der Waals surface area contributed by atoms with E-state index < -0.39 is 12.2 Å². The molecule has 7 heteroatoms. The highest BCUT2D eigenvalue weighted by Crippen LogP contribution is 2.30. The normalized spacial score (nSPS) is 12.9. The van der Waals surface area contributed by atoms with Crippen LogP contribution in [-0.4, -0.2) is 31.7 Å². The zero-order chi connectivity index (χ0) is 23.0. The van der Waals surface area contributed by atoms with Gasteiger partial charge in [0.2, 0.25) is 0 Å². The van der Waals surface area contributed by atoms with E-state index in [2.05, 4.69) is 35.1 Å². The number of hydrogen-bond acceptors (Lipinski definition) is 5. The predicted molar refractivity (Wildman–Crippen MR) is 124 cm³/mol. The third-order valence-corrected chi connectivity index (χ3v) is 5.41. The Balaban J connectivity index is 1.98. The second kappa shape index (κ2) is 11.9. The van der Waals surface area contributed by atoms with Gasteiger partial charge in [-0.3, -0.25) is 9.59 Å². The van der Waals surface area contributed by atoms with Gasteiger partial charge in [-0.25, -0.2) is 0 Å². The summed E-state index contributed by atoms with van der Waals surface area (Å²) in [4.78, 5) is 24.3. The van der Waals surface area contributed by atoms with Gasteiger partial charge in [-0.1, -0.05) is 32.0 Å². The number of carbonyl (C=O) groups is 2. The van der Waals surface area contributed by atoms with E-state index in [-0.39, 0.29) is 18.3 Å². The van der Waals surface area contributed by atoms with Crippen LogP contribution < -0.4 is 10.1 Å². The van der Waals surface area contributed by atoms with E-state index in [9.17, 15) is 9.59 Å². The number of amides is 1. The molecule has 2 rings (SSSR count). The van der Waals surface area contributed by atoms with Crippen LogP contribution in [0, 0.1) is 0 Å². The van der Waals surface area contributed by atoms with Gasteiger partial charge in [-0.05, 0) is 71.1 Å². The zero-order valence-corrected chi connectivity index (χ0v) is 20.2. The third kappa shape index (κ3) is 7.36. The van der Waals surface area contributed by atoms with Gasteiger partial charge in [0, 0.05) is 12.8 Å². The number of esters is 1. The third-order valence-electron chi connectivity index (χ3n) is 4.79. The van der Waals surface area contributed by atoms with Crippen LogP contribution in [0.2, 0.25) is 0 Å². The number of carbonyl (C=O) groups excluding carboxylic acids is 2. The molecule has 2 atom stereocenters. The molecular weight excluding hydrogens is 462 g/mol. The summed E-state index contributed by atoms with van der Waals surface area (Å²) in [6.07, 6.45) is -0.959. The van der Waals surface area contributed by atoms with E-state index in [1.807, 2.05) is 30.3 Å². The number of ether oxygens (including phenoxy) is 3. The van der Waals surface area contributed by atoms with Crippen LogP contribution in [0.25, 0.3) is 0 Å². The lowest BCUT2D eigenvalue weighted by Gasteiger charge is -2.18. The highest BCUT2D eigenvalue weighted by molar-refractivity contribution is 9.10. The number of benzene rings is 2. The SMILES string of the molecule is CCOC(=O)CC(OC)c1ccc(NC(=O)C(C)Oc2ccc(C(C)C)cc2Br)cc1. The molecule has 0 aliphatic heterocycles. The molecule has 0 aromatic heterocycles. The van der Waals surface area contributed by atoms with Crippen LogP contribution in [-0.2, 0) is 19.1 Å². The first kappa shape index (κ1) is 24.9. The van der Waals surface area contributed by atoms with E-state index in [1.165, 1.54) is 5.56 Å². The Morgan fingerprint density at radius 3 is 2.23 bits per heavy atom. The maximum Gasteiger partial charge on any atom is 0.308 e. The van der Waals surface area contributed by atoms with Gasteiger partial charge < -0.3 is 19.5 Å².